The fourth-order valence-corrected chi connectivity index (χ4v) is 1.88. The summed E-state index contributed by atoms with van der Waals surface area (Å²) >= 11 is 0. The van der Waals surface area contributed by atoms with Crippen LogP contribution in [0.3, 0.4) is 0 Å². The summed E-state index contributed by atoms with van der Waals surface area (Å²) in [5, 5.41) is 13.6. The van der Waals surface area contributed by atoms with E-state index in [1.54, 1.807) is 7.05 Å². The second-order valence-corrected chi connectivity index (χ2v) is 3.61. The van der Waals surface area contributed by atoms with Gasteiger partial charge in [-0.2, -0.15) is 0 Å². The number of hydrogen-bond acceptors (Lipinski definition) is 2. The van der Waals surface area contributed by atoms with Crippen LogP contribution in [-0.4, -0.2) is 30.2 Å². The van der Waals surface area contributed by atoms with Crippen LogP contribution in [0.4, 0.5) is 4.79 Å². The largest absolute Gasteiger partial charge is 0.465 e. The van der Waals surface area contributed by atoms with Crippen molar-refractivity contribution in [1.29, 1.82) is 0 Å². The summed E-state index contributed by atoms with van der Waals surface area (Å²) in [6, 6.07) is 0.0217. The Labute approximate surface area is 82.9 Å². The van der Waals surface area contributed by atoms with Gasteiger partial charge in [0, 0.05) is 19.0 Å². The van der Waals surface area contributed by atoms with Crippen LogP contribution in [-0.2, 0) is 4.79 Å². The van der Waals surface area contributed by atoms with Crippen LogP contribution in [0.1, 0.15) is 25.7 Å². The molecule has 1 aliphatic rings. The molecule has 1 aliphatic carbocycles. The molecule has 0 atom stereocenters. The number of carbonyl (C=O) groups excluding carboxylic acids is 1. The molecule has 1 rings (SSSR count). The van der Waals surface area contributed by atoms with Gasteiger partial charge in [0.05, 0.1) is 0 Å². The molecular weight excluding hydrogens is 184 g/mol. The normalized spacial score (nSPS) is 26.6. The van der Waals surface area contributed by atoms with Gasteiger partial charge in [0.25, 0.3) is 0 Å². The lowest BCUT2D eigenvalue weighted by Crippen LogP contribution is -2.39. The van der Waals surface area contributed by atoms with Gasteiger partial charge in [-0.15, -0.1) is 0 Å². The quantitative estimate of drug-likeness (QED) is 0.609. The average molecular weight is 200 g/mol. The molecule has 0 aromatic carbocycles. The Morgan fingerprint density at radius 3 is 2.21 bits per heavy atom. The molecule has 0 unspecified atom stereocenters. The third-order valence-electron chi connectivity index (χ3n) is 2.67. The Kier molecular flexibility index (Phi) is 3.73. The predicted molar refractivity (Wildman–Crippen MR) is 51.0 cm³/mol. The molecule has 0 aromatic rings. The highest BCUT2D eigenvalue weighted by molar-refractivity contribution is 5.78. The summed E-state index contributed by atoms with van der Waals surface area (Å²) in [4.78, 5) is 21.6. The van der Waals surface area contributed by atoms with Crippen molar-refractivity contribution < 1.29 is 14.7 Å². The van der Waals surface area contributed by atoms with Crippen LogP contribution in [0.5, 0.6) is 0 Å². The smallest absolute Gasteiger partial charge is 0.404 e. The zero-order chi connectivity index (χ0) is 10.6. The third-order valence-corrected chi connectivity index (χ3v) is 2.67. The molecule has 1 saturated carbocycles. The number of nitrogens with one attached hydrogen (secondary N) is 2. The third kappa shape index (κ3) is 2.90. The van der Waals surface area contributed by atoms with Gasteiger partial charge in [0.2, 0.25) is 5.91 Å². The molecule has 14 heavy (non-hydrogen) atoms. The van der Waals surface area contributed by atoms with Gasteiger partial charge in [0.15, 0.2) is 0 Å². The maximum Gasteiger partial charge on any atom is 0.404 e. The maximum absolute atomic E-state index is 11.2. The van der Waals surface area contributed by atoms with Crippen molar-refractivity contribution in [2.24, 2.45) is 5.92 Å². The van der Waals surface area contributed by atoms with Crippen molar-refractivity contribution in [2.45, 2.75) is 31.7 Å². The molecule has 0 saturated heterocycles. The maximum atomic E-state index is 11.2. The van der Waals surface area contributed by atoms with Gasteiger partial charge in [0.1, 0.15) is 0 Å². The predicted octanol–water partition coefficient (Wildman–Crippen LogP) is 0.559. The summed E-state index contributed by atoms with van der Waals surface area (Å²) in [5.74, 6) is 0.130. The highest BCUT2D eigenvalue weighted by atomic mass is 16.4. The Morgan fingerprint density at radius 1 is 1.21 bits per heavy atom. The minimum atomic E-state index is -0.978. The molecule has 0 radical (unpaired) electrons. The molecule has 3 N–H and O–H groups in total. The van der Waals surface area contributed by atoms with Gasteiger partial charge in [-0.05, 0) is 25.7 Å². The van der Waals surface area contributed by atoms with Crippen LogP contribution in [0.25, 0.3) is 0 Å². The molecular formula is C9H16N2O3. The topological polar surface area (TPSA) is 78.4 Å². The molecule has 1 fully saturated rings. The first-order valence-electron chi connectivity index (χ1n) is 4.84. The molecule has 5 nitrogen and oxygen atoms in total. The first-order valence-corrected chi connectivity index (χ1v) is 4.84. The van der Waals surface area contributed by atoms with E-state index in [0.29, 0.717) is 0 Å². The molecule has 5 heteroatoms. The van der Waals surface area contributed by atoms with Crippen LogP contribution < -0.4 is 10.6 Å². The summed E-state index contributed by atoms with van der Waals surface area (Å²) in [5.41, 5.74) is 0. The van der Waals surface area contributed by atoms with Crippen LogP contribution in [0.15, 0.2) is 0 Å². The molecule has 0 aromatic heterocycles. The van der Waals surface area contributed by atoms with Crippen LogP contribution >= 0.6 is 0 Å². The molecule has 0 aliphatic heterocycles. The lowest BCUT2D eigenvalue weighted by atomic mass is 9.85. The first-order chi connectivity index (χ1) is 6.63. The number of carboxylic acid groups (broad SMARTS) is 1. The van der Waals surface area contributed by atoms with E-state index in [2.05, 4.69) is 10.6 Å². The zero-order valence-corrected chi connectivity index (χ0v) is 8.25. The van der Waals surface area contributed by atoms with Gasteiger partial charge < -0.3 is 15.7 Å². The summed E-state index contributed by atoms with van der Waals surface area (Å²) < 4.78 is 0. The number of carbonyl (C=O) groups is 2. The van der Waals surface area contributed by atoms with E-state index in [-0.39, 0.29) is 17.9 Å². The average Bonchev–Trinajstić information content (AvgIpc) is 2.17. The minimum absolute atomic E-state index is 0.0217. The molecule has 0 spiro atoms. The number of amides is 2. The van der Waals surface area contributed by atoms with Gasteiger partial charge in [-0.3, -0.25) is 4.79 Å². The highest BCUT2D eigenvalue weighted by Crippen LogP contribution is 2.24. The van der Waals surface area contributed by atoms with Crippen molar-refractivity contribution in [3.63, 3.8) is 0 Å². The summed E-state index contributed by atoms with van der Waals surface area (Å²) in [7, 11) is 1.63. The van der Waals surface area contributed by atoms with E-state index < -0.39 is 6.09 Å². The van der Waals surface area contributed by atoms with Gasteiger partial charge in [-0.1, -0.05) is 0 Å². The SMILES string of the molecule is CNC(=O)C1CCC(NC(=O)O)CC1. The summed E-state index contributed by atoms with van der Waals surface area (Å²) in [6.07, 6.45) is 2.07. The lowest BCUT2D eigenvalue weighted by molar-refractivity contribution is -0.125. The molecule has 0 bridgehead atoms. The Morgan fingerprint density at radius 2 is 1.79 bits per heavy atom. The van der Waals surface area contributed by atoms with Gasteiger partial charge >= 0.3 is 6.09 Å². The molecule has 2 amide bonds. The lowest BCUT2D eigenvalue weighted by Gasteiger charge is -2.27. The second-order valence-electron chi connectivity index (χ2n) is 3.61. The van der Waals surface area contributed by atoms with Crippen molar-refractivity contribution >= 4 is 12.0 Å². The van der Waals surface area contributed by atoms with Crippen molar-refractivity contribution in [3.05, 3.63) is 0 Å². The number of rotatable bonds is 2. The Bertz CT molecular complexity index is 222. The van der Waals surface area contributed by atoms with Crippen LogP contribution in [0.2, 0.25) is 0 Å². The Hall–Kier alpha value is -1.26. The molecule has 80 valence electrons. The van der Waals surface area contributed by atoms with E-state index >= 15 is 0 Å². The van der Waals surface area contributed by atoms with Crippen molar-refractivity contribution in [3.8, 4) is 0 Å². The van der Waals surface area contributed by atoms with Crippen molar-refractivity contribution in [2.75, 3.05) is 7.05 Å². The highest BCUT2D eigenvalue weighted by Gasteiger charge is 2.26. The summed E-state index contributed by atoms with van der Waals surface area (Å²) in [6.45, 7) is 0. The Balaban J connectivity index is 2.31. The fraction of sp³-hybridized carbons (Fsp3) is 0.778. The monoisotopic (exact) mass is 200 g/mol. The van der Waals surface area contributed by atoms with E-state index in [1.165, 1.54) is 0 Å². The minimum Gasteiger partial charge on any atom is -0.465 e. The van der Waals surface area contributed by atoms with E-state index in [4.69, 9.17) is 5.11 Å². The van der Waals surface area contributed by atoms with E-state index in [0.717, 1.165) is 25.7 Å². The van der Waals surface area contributed by atoms with E-state index in [9.17, 15) is 9.59 Å². The number of hydrogen-bond donors (Lipinski definition) is 3. The van der Waals surface area contributed by atoms with E-state index in [1.807, 2.05) is 0 Å². The fourth-order valence-electron chi connectivity index (χ4n) is 1.88. The zero-order valence-electron chi connectivity index (χ0n) is 8.25. The van der Waals surface area contributed by atoms with Gasteiger partial charge in [-0.25, -0.2) is 4.79 Å². The molecule has 0 heterocycles. The van der Waals surface area contributed by atoms with Crippen molar-refractivity contribution in [1.82, 2.24) is 10.6 Å². The van der Waals surface area contributed by atoms with Crippen LogP contribution in [0, 0.1) is 5.92 Å². The second kappa shape index (κ2) is 4.83. The first kappa shape index (κ1) is 10.8. The standard InChI is InChI=1S/C9H16N2O3/c1-10-8(12)6-2-4-7(5-3-6)11-9(13)14/h6-7,11H,2-5H2,1H3,(H,10,12)(H,13,14).